The standard InChI is InChI=1S/C13H9Br2N5/c14-9-2-4-10(5-3-9)20-13(17-18-19-20)8-1-6-11(15)12(16)7-8/h1-7H,16H2. The lowest BCUT2D eigenvalue weighted by molar-refractivity contribution is 0.791. The van der Waals surface area contributed by atoms with Crippen molar-refractivity contribution in [2.75, 3.05) is 5.73 Å². The molecule has 0 radical (unpaired) electrons. The first-order valence-corrected chi connectivity index (χ1v) is 7.33. The molecular formula is C13H9Br2N5. The summed E-state index contributed by atoms with van der Waals surface area (Å²) in [6, 6.07) is 13.4. The molecule has 3 aromatic rings. The van der Waals surface area contributed by atoms with Gasteiger partial charge in [-0.1, -0.05) is 15.9 Å². The second-order valence-electron chi connectivity index (χ2n) is 4.13. The molecule has 7 heteroatoms. The summed E-state index contributed by atoms with van der Waals surface area (Å²) in [7, 11) is 0. The zero-order valence-corrected chi connectivity index (χ0v) is 13.3. The minimum Gasteiger partial charge on any atom is -0.398 e. The molecule has 0 aliphatic carbocycles. The van der Waals surface area contributed by atoms with Crippen LogP contribution < -0.4 is 5.73 Å². The van der Waals surface area contributed by atoms with Gasteiger partial charge in [0.2, 0.25) is 0 Å². The van der Waals surface area contributed by atoms with Crippen molar-refractivity contribution in [1.29, 1.82) is 0 Å². The molecule has 100 valence electrons. The van der Waals surface area contributed by atoms with Crippen molar-refractivity contribution >= 4 is 37.5 Å². The van der Waals surface area contributed by atoms with E-state index in [-0.39, 0.29) is 0 Å². The molecule has 2 N–H and O–H groups in total. The fourth-order valence-electron chi connectivity index (χ4n) is 1.81. The SMILES string of the molecule is Nc1cc(-c2nnnn2-c2ccc(Br)cc2)ccc1Br. The van der Waals surface area contributed by atoms with E-state index in [9.17, 15) is 0 Å². The van der Waals surface area contributed by atoms with Crippen molar-refractivity contribution in [1.82, 2.24) is 20.2 Å². The van der Waals surface area contributed by atoms with Crippen molar-refractivity contribution in [3.8, 4) is 17.1 Å². The molecule has 20 heavy (non-hydrogen) atoms. The van der Waals surface area contributed by atoms with Crippen molar-refractivity contribution < 1.29 is 0 Å². The fraction of sp³-hybridized carbons (Fsp3) is 0. The van der Waals surface area contributed by atoms with E-state index < -0.39 is 0 Å². The molecule has 0 unspecified atom stereocenters. The van der Waals surface area contributed by atoms with Crippen LogP contribution in [0.4, 0.5) is 5.69 Å². The number of anilines is 1. The van der Waals surface area contributed by atoms with Gasteiger partial charge in [0.15, 0.2) is 5.82 Å². The highest BCUT2D eigenvalue weighted by Crippen LogP contribution is 2.26. The molecule has 0 spiro atoms. The van der Waals surface area contributed by atoms with Crippen LogP contribution in [-0.2, 0) is 0 Å². The van der Waals surface area contributed by atoms with Gasteiger partial charge in [0, 0.05) is 20.2 Å². The van der Waals surface area contributed by atoms with Gasteiger partial charge >= 0.3 is 0 Å². The van der Waals surface area contributed by atoms with Gasteiger partial charge in [-0.15, -0.1) is 5.10 Å². The van der Waals surface area contributed by atoms with Crippen LogP contribution in [0, 0.1) is 0 Å². The monoisotopic (exact) mass is 393 g/mol. The van der Waals surface area contributed by atoms with Gasteiger partial charge < -0.3 is 5.73 Å². The van der Waals surface area contributed by atoms with E-state index in [2.05, 4.69) is 47.4 Å². The second kappa shape index (κ2) is 5.34. The topological polar surface area (TPSA) is 69.6 Å². The van der Waals surface area contributed by atoms with E-state index in [1.807, 2.05) is 42.5 Å². The molecule has 0 saturated carbocycles. The maximum Gasteiger partial charge on any atom is 0.187 e. The quantitative estimate of drug-likeness (QED) is 0.676. The number of hydrogen-bond acceptors (Lipinski definition) is 4. The number of nitrogen functional groups attached to an aromatic ring is 1. The Balaban J connectivity index is 2.10. The van der Waals surface area contributed by atoms with E-state index in [1.165, 1.54) is 0 Å². The molecule has 0 atom stereocenters. The van der Waals surface area contributed by atoms with Crippen molar-refractivity contribution in [2.24, 2.45) is 0 Å². The molecule has 3 rings (SSSR count). The predicted molar refractivity (Wildman–Crippen MR) is 84.4 cm³/mol. The molecule has 0 fully saturated rings. The third kappa shape index (κ3) is 2.46. The Labute approximate surface area is 132 Å². The smallest absolute Gasteiger partial charge is 0.187 e. The molecule has 0 aliphatic rings. The number of nitrogens with two attached hydrogens (primary N) is 1. The summed E-state index contributed by atoms with van der Waals surface area (Å²) in [6.07, 6.45) is 0. The molecular weight excluding hydrogens is 386 g/mol. The summed E-state index contributed by atoms with van der Waals surface area (Å²) < 4.78 is 3.53. The van der Waals surface area contributed by atoms with Crippen molar-refractivity contribution in [3.63, 3.8) is 0 Å². The van der Waals surface area contributed by atoms with Crippen molar-refractivity contribution in [2.45, 2.75) is 0 Å². The number of tetrazole rings is 1. The van der Waals surface area contributed by atoms with Crippen LogP contribution in [0.5, 0.6) is 0 Å². The molecule has 1 aromatic heterocycles. The fourth-order valence-corrected chi connectivity index (χ4v) is 2.32. The molecule has 0 bridgehead atoms. The van der Waals surface area contributed by atoms with E-state index in [4.69, 9.17) is 5.73 Å². The minimum atomic E-state index is 0.645. The Morgan fingerprint density at radius 3 is 2.45 bits per heavy atom. The Morgan fingerprint density at radius 1 is 1.00 bits per heavy atom. The number of halogens is 2. The summed E-state index contributed by atoms with van der Waals surface area (Å²) in [5, 5.41) is 11.9. The van der Waals surface area contributed by atoms with Crippen LogP contribution in [0.3, 0.4) is 0 Å². The molecule has 2 aromatic carbocycles. The number of nitrogens with zero attached hydrogens (tertiary/aromatic N) is 4. The highest BCUT2D eigenvalue weighted by molar-refractivity contribution is 9.10. The van der Waals surface area contributed by atoms with Crippen molar-refractivity contribution in [3.05, 3.63) is 51.4 Å². The third-order valence-electron chi connectivity index (χ3n) is 2.79. The molecule has 1 heterocycles. The van der Waals surface area contributed by atoms with Crippen LogP contribution in [0.2, 0.25) is 0 Å². The first-order valence-electron chi connectivity index (χ1n) is 5.75. The van der Waals surface area contributed by atoms with Crippen LogP contribution in [0.15, 0.2) is 51.4 Å². The molecule has 0 saturated heterocycles. The summed E-state index contributed by atoms with van der Waals surface area (Å²) in [4.78, 5) is 0. The summed E-state index contributed by atoms with van der Waals surface area (Å²) in [5.74, 6) is 0.645. The number of aromatic nitrogens is 4. The van der Waals surface area contributed by atoms with E-state index in [0.29, 0.717) is 11.5 Å². The number of hydrogen-bond donors (Lipinski definition) is 1. The zero-order chi connectivity index (χ0) is 14.1. The third-order valence-corrected chi connectivity index (χ3v) is 4.05. The highest BCUT2D eigenvalue weighted by atomic mass is 79.9. The summed E-state index contributed by atoms with van der Waals surface area (Å²) in [5.41, 5.74) is 8.29. The van der Waals surface area contributed by atoms with Gasteiger partial charge in [-0.3, -0.25) is 0 Å². The van der Waals surface area contributed by atoms with Gasteiger partial charge in [-0.05, 0) is 68.8 Å². The van der Waals surface area contributed by atoms with Crippen LogP contribution in [-0.4, -0.2) is 20.2 Å². The average molecular weight is 395 g/mol. The lowest BCUT2D eigenvalue weighted by Crippen LogP contribution is -2.00. The van der Waals surface area contributed by atoms with Crippen LogP contribution in [0.25, 0.3) is 17.1 Å². The largest absolute Gasteiger partial charge is 0.398 e. The van der Waals surface area contributed by atoms with E-state index in [1.54, 1.807) is 4.68 Å². The summed E-state index contributed by atoms with van der Waals surface area (Å²) in [6.45, 7) is 0. The molecule has 0 amide bonds. The van der Waals surface area contributed by atoms with Gasteiger partial charge in [-0.2, -0.15) is 4.68 Å². The van der Waals surface area contributed by atoms with Gasteiger partial charge in [0.25, 0.3) is 0 Å². The lowest BCUT2D eigenvalue weighted by atomic mass is 10.2. The second-order valence-corrected chi connectivity index (χ2v) is 5.90. The highest BCUT2D eigenvalue weighted by Gasteiger charge is 2.11. The predicted octanol–water partition coefficient (Wildman–Crippen LogP) is 3.44. The first kappa shape index (κ1) is 13.3. The van der Waals surface area contributed by atoms with Crippen LogP contribution in [0.1, 0.15) is 0 Å². The van der Waals surface area contributed by atoms with Gasteiger partial charge in [0.1, 0.15) is 0 Å². The Morgan fingerprint density at radius 2 is 1.75 bits per heavy atom. The maximum absolute atomic E-state index is 5.90. The maximum atomic E-state index is 5.90. The summed E-state index contributed by atoms with van der Waals surface area (Å²) >= 11 is 6.78. The van der Waals surface area contributed by atoms with Crippen LogP contribution >= 0.6 is 31.9 Å². The zero-order valence-electron chi connectivity index (χ0n) is 10.2. The minimum absolute atomic E-state index is 0.645. The number of rotatable bonds is 2. The van der Waals surface area contributed by atoms with E-state index >= 15 is 0 Å². The molecule has 5 nitrogen and oxygen atoms in total. The van der Waals surface area contributed by atoms with Gasteiger partial charge in [0.05, 0.1) is 5.69 Å². The number of benzene rings is 2. The van der Waals surface area contributed by atoms with E-state index in [0.717, 1.165) is 20.2 Å². The Kier molecular flexibility index (Phi) is 3.54. The Bertz CT molecular complexity index is 752. The average Bonchev–Trinajstić information content (AvgIpc) is 2.92. The Hall–Kier alpha value is -1.73. The first-order chi connectivity index (χ1) is 9.65. The molecule has 0 aliphatic heterocycles. The lowest BCUT2D eigenvalue weighted by Gasteiger charge is -2.06. The normalized spacial score (nSPS) is 10.7. The van der Waals surface area contributed by atoms with Gasteiger partial charge in [-0.25, -0.2) is 0 Å².